The standard InChI is InChI=1S/C17H26N4O4/c1-10-15(11(2)25-19-10)17(24)18-13-4-5-14(16(13)23)21-8-6-20(7-9-21)12(3)22/h13-14,16,23H,4-9H2,1-3H3,(H,18,24)/t13-,14-,16-/m1/s1. The minimum atomic E-state index is -0.617. The van der Waals surface area contributed by atoms with Crippen molar-refractivity contribution < 1.29 is 19.2 Å². The van der Waals surface area contributed by atoms with E-state index in [1.165, 1.54) is 0 Å². The monoisotopic (exact) mass is 350 g/mol. The molecule has 1 aromatic heterocycles. The van der Waals surface area contributed by atoms with E-state index in [1.807, 2.05) is 4.90 Å². The van der Waals surface area contributed by atoms with Crippen LogP contribution in [0.4, 0.5) is 0 Å². The van der Waals surface area contributed by atoms with E-state index < -0.39 is 6.10 Å². The first-order valence-electron chi connectivity index (χ1n) is 8.80. The number of carbonyl (C=O) groups excluding carboxylic acids is 2. The van der Waals surface area contributed by atoms with Gasteiger partial charge in [-0.3, -0.25) is 14.5 Å². The number of aliphatic hydroxyl groups is 1. The van der Waals surface area contributed by atoms with Gasteiger partial charge in [-0.2, -0.15) is 0 Å². The van der Waals surface area contributed by atoms with Crippen molar-refractivity contribution in [2.45, 2.75) is 51.8 Å². The van der Waals surface area contributed by atoms with Gasteiger partial charge in [-0.05, 0) is 26.7 Å². The van der Waals surface area contributed by atoms with Crippen molar-refractivity contribution in [3.05, 3.63) is 17.0 Å². The third kappa shape index (κ3) is 3.55. The number of nitrogens with zero attached hydrogens (tertiary/aromatic N) is 3. The number of aryl methyl sites for hydroxylation is 2. The molecule has 0 radical (unpaired) electrons. The van der Waals surface area contributed by atoms with Gasteiger partial charge in [0, 0.05) is 39.1 Å². The maximum absolute atomic E-state index is 12.5. The minimum Gasteiger partial charge on any atom is -0.389 e. The second-order valence-electron chi connectivity index (χ2n) is 6.96. The molecule has 138 valence electrons. The zero-order valence-corrected chi connectivity index (χ0v) is 15.0. The van der Waals surface area contributed by atoms with Crippen LogP contribution in [0, 0.1) is 13.8 Å². The average Bonchev–Trinajstić information content (AvgIpc) is 3.10. The van der Waals surface area contributed by atoms with Gasteiger partial charge in [-0.15, -0.1) is 0 Å². The van der Waals surface area contributed by atoms with Crippen molar-refractivity contribution in [3.63, 3.8) is 0 Å². The minimum absolute atomic E-state index is 0.0177. The molecular formula is C17H26N4O4. The van der Waals surface area contributed by atoms with Crippen molar-refractivity contribution in [1.29, 1.82) is 0 Å². The fourth-order valence-electron chi connectivity index (χ4n) is 3.93. The van der Waals surface area contributed by atoms with Gasteiger partial charge in [0.05, 0.1) is 17.8 Å². The Morgan fingerprint density at radius 2 is 1.88 bits per heavy atom. The first kappa shape index (κ1) is 17.9. The smallest absolute Gasteiger partial charge is 0.257 e. The van der Waals surface area contributed by atoms with Crippen LogP contribution in [0.25, 0.3) is 0 Å². The molecule has 2 heterocycles. The molecule has 8 heteroatoms. The Kier molecular flexibility index (Phi) is 5.10. The van der Waals surface area contributed by atoms with Crippen LogP contribution in [0.15, 0.2) is 4.52 Å². The number of amides is 2. The molecule has 2 N–H and O–H groups in total. The Labute approximate surface area is 147 Å². The number of aliphatic hydroxyl groups excluding tert-OH is 1. The highest BCUT2D eigenvalue weighted by atomic mass is 16.5. The lowest BCUT2D eigenvalue weighted by molar-refractivity contribution is -0.131. The number of piperazine rings is 1. The molecule has 1 aliphatic heterocycles. The Bertz CT molecular complexity index is 632. The third-order valence-electron chi connectivity index (χ3n) is 5.39. The molecule has 3 rings (SSSR count). The number of rotatable bonds is 3. The van der Waals surface area contributed by atoms with Gasteiger partial charge in [0.15, 0.2) is 0 Å². The number of nitrogens with one attached hydrogen (secondary N) is 1. The highest BCUT2D eigenvalue weighted by Gasteiger charge is 2.40. The summed E-state index contributed by atoms with van der Waals surface area (Å²) in [4.78, 5) is 28.0. The average molecular weight is 350 g/mol. The van der Waals surface area contributed by atoms with E-state index in [1.54, 1.807) is 20.8 Å². The summed E-state index contributed by atoms with van der Waals surface area (Å²) in [6.45, 7) is 7.91. The molecule has 1 saturated carbocycles. The Morgan fingerprint density at radius 1 is 1.20 bits per heavy atom. The number of hydrogen-bond donors (Lipinski definition) is 2. The fraction of sp³-hybridized carbons (Fsp3) is 0.706. The van der Waals surface area contributed by atoms with Crippen LogP contribution in [-0.2, 0) is 4.79 Å². The second kappa shape index (κ2) is 7.13. The van der Waals surface area contributed by atoms with Crippen LogP contribution >= 0.6 is 0 Å². The molecule has 0 aromatic carbocycles. The van der Waals surface area contributed by atoms with E-state index in [0.29, 0.717) is 30.1 Å². The van der Waals surface area contributed by atoms with Gasteiger partial charge < -0.3 is 19.8 Å². The van der Waals surface area contributed by atoms with Gasteiger partial charge >= 0.3 is 0 Å². The highest BCUT2D eigenvalue weighted by molar-refractivity contribution is 5.96. The third-order valence-corrected chi connectivity index (χ3v) is 5.39. The van der Waals surface area contributed by atoms with E-state index in [9.17, 15) is 14.7 Å². The number of hydrogen-bond acceptors (Lipinski definition) is 6. The molecular weight excluding hydrogens is 324 g/mol. The summed E-state index contributed by atoms with van der Waals surface area (Å²) < 4.78 is 5.04. The summed E-state index contributed by atoms with van der Waals surface area (Å²) in [5, 5.41) is 17.4. The zero-order chi connectivity index (χ0) is 18.1. The summed E-state index contributed by atoms with van der Waals surface area (Å²) in [5.41, 5.74) is 1.00. The van der Waals surface area contributed by atoms with Crippen LogP contribution in [0.1, 0.15) is 41.6 Å². The molecule has 1 aromatic rings. The maximum Gasteiger partial charge on any atom is 0.257 e. The first-order valence-corrected chi connectivity index (χ1v) is 8.80. The molecule has 25 heavy (non-hydrogen) atoms. The van der Waals surface area contributed by atoms with Crippen LogP contribution in [0.5, 0.6) is 0 Å². The lowest BCUT2D eigenvalue weighted by Crippen LogP contribution is -2.55. The fourth-order valence-corrected chi connectivity index (χ4v) is 3.93. The summed E-state index contributed by atoms with van der Waals surface area (Å²) in [5.74, 6) is 0.331. The lowest BCUT2D eigenvalue weighted by atomic mass is 10.1. The summed E-state index contributed by atoms with van der Waals surface area (Å²) >= 11 is 0. The van der Waals surface area contributed by atoms with Crippen molar-refractivity contribution >= 4 is 11.8 Å². The molecule has 1 saturated heterocycles. The van der Waals surface area contributed by atoms with E-state index in [2.05, 4.69) is 15.4 Å². The van der Waals surface area contributed by atoms with Crippen molar-refractivity contribution in [3.8, 4) is 0 Å². The van der Waals surface area contributed by atoms with Gasteiger partial charge in [-0.1, -0.05) is 5.16 Å². The molecule has 3 atom stereocenters. The lowest BCUT2D eigenvalue weighted by Gasteiger charge is -2.39. The Morgan fingerprint density at radius 3 is 2.44 bits per heavy atom. The van der Waals surface area contributed by atoms with Crippen molar-refractivity contribution in [2.75, 3.05) is 26.2 Å². The normalized spacial score (nSPS) is 27.5. The topological polar surface area (TPSA) is 98.9 Å². The maximum atomic E-state index is 12.5. The van der Waals surface area contributed by atoms with Crippen LogP contribution in [0.3, 0.4) is 0 Å². The first-order chi connectivity index (χ1) is 11.9. The molecule has 8 nitrogen and oxygen atoms in total. The van der Waals surface area contributed by atoms with Crippen LogP contribution < -0.4 is 5.32 Å². The van der Waals surface area contributed by atoms with Crippen molar-refractivity contribution in [1.82, 2.24) is 20.3 Å². The van der Waals surface area contributed by atoms with E-state index in [0.717, 1.165) is 25.9 Å². The largest absolute Gasteiger partial charge is 0.389 e. The predicted octanol–water partition coefficient (Wildman–Crippen LogP) is 0.0772. The van der Waals surface area contributed by atoms with Gasteiger partial charge in [0.25, 0.3) is 5.91 Å². The quantitative estimate of drug-likeness (QED) is 0.801. The SMILES string of the molecule is CC(=O)N1CCN([C@@H]2CC[C@@H](NC(=O)c3c(C)noc3C)[C@H]2O)CC1. The molecule has 2 amide bonds. The zero-order valence-electron chi connectivity index (χ0n) is 15.0. The molecule has 0 unspecified atom stereocenters. The summed E-state index contributed by atoms with van der Waals surface area (Å²) in [6, 6.07) is -0.263. The van der Waals surface area contributed by atoms with E-state index >= 15 is 0 Å². The van der Waals surface area contributed by atoms with Crippen LogP contribution in [0.2, 0.25) is 0 Å². The van der Waals surface area contributed by atoms with E-state index in [4.69, 9.17) is 4.52 Å². The predicted molar refractivity (Wildman–Crippen MR) is 90.1 cm³/mol. The number of carbonyl (C=O) groups is 2. The van der Waals surface area contributed by atoms with Crippen LogP contribution in [-0.4, -0.2) is 76.2 Å². The highest BCUT2D eigenvalue weighted by Crippen LogP contribution is 2.26. The Hall–Kier alpha value is -1.93. The second-order valence-corrected chi connectivity index (χ2v) is 6.96. The van der Waals surface area contributed by atoms with Crippen molar-refractivity contribution in [2.24, 2.45) is 0 Å². The van der Waals surface area contributed by atoms with E-state index in [-0.39, 0.29) is 23.9 Å². The molecule has 1 aliphatic carbocycles. The van der Waals surface area contributed by atoms with Gasteiger partial charge in [-0.25, -0.2) is 0 Å². The molecule has 2 aliphatic rings. The van der Waals surface area contributed by atoms with Gasteiger partial charge in [0.1, 0.15) is 11.3 Å². The molecule has 0 bridgehead atoms. The summed E-state index contributed by atoms with van der Waals surface area (Å²) in [7, 11) is 0. The van der Waals surface area contributed by atoms with Gasteiger partial charge in [0.2, 0.25) is 5.91 Å². The molecule has 2 fully saturated rings. The Balaban J connectivity index is 1.58. The summed E-state index contributed by atoms with van der Waals surface area (Å²) in [6.07, 6.45) is 0.940. The number of aromatic nitrogens is 1. The molecule has 0 spiro atoms.